The number of benzene rings is 2. The number of allylic oxidation sites excluding steroid dienone is 1. The minimum absolute atomic E-state index is 0.0519. The molecule has 1 heterocycles. The molecule has 2 N–H and O–H groups in total. The molecule has 8 nitrogen and oxygen atoms in total. The summed E-state index contributed by atoms with van der Waals surface area (Å²) < 4.78 is 20.8. The van der Waals surface area contributed by atoms with E-state index in [0.29, 0.717) is 29.0 Å². The smallest absolute Gasteiger partial charge is 0.254 e. The van der Waals surface area contributed by atoms with Gasteiger partial charge in [-0.2, -0.15) is 0 Å². The molecule has 3 aromatic rings. The van der Waals surface area contributed by atoms with E-state index in [0.717, 1.165) is 0 Å². The molecule has 3 rings (SSSR count). The van der Waals surface area contributed by atoms with E-state index in [1.54, 1.807) is 55.0 Å². The fourth-order valence-corrected chi connectivity index (χ4v) is 3.77. The Balaban J connectivity index is 1.65. The highest BCUT2D eigenvalue weighted by atomic mass is 32.2. The topological polar surface area (TPSA) is 98.1 Å². The van der Waals surface area contributed by atoms with E-state index in [2.05, 4.69) is 27.4 Å². The van der Waals surface area contributed by atoms with Crippen LogP contribution >= 0.6 is 11.8 Å². The molecule has 10 heteroatoms. The summed E-state index contributed by atoms with van der Waals surface area (Å²) in [7, 11) is 1.57. The van der Waals surface area contributed by atoms with Gasteiger partial charge >= 0.3 is 0 Å². The van der Waals surface area contributed by atoms with Gasteiger partial charge in [0.2, 0.25) is 5.91 Å². The first-order valence-electron chi connectivity index (χ1n) is 10.1. The zero-order chi connectivity index (χ0) is 23.8. The average molecular weight is 470 g/mol. The van der Waals surface area contributed by atoms with Crippen molar-refractivity contribution in [3.05, 3.63) is 78.4 Å². The normalized spacial score (nSPS) is 11.5. The van der Waals surface area contributed by atoms with Crippen molar-refractivity contribution in [2.75, 3.05) is 18.2 Å². The first-order valence-corrected chi connectivity index (χ1v) is 11.1. The van der Waals surface area contributed by atoms with Gasteiger partial charge < -0.3 is 19.9 Å². The Morgan fingerprint density at radius 2 is 1.94 bits per heavy atom. The third-order valence-corrected chi connectivity index (χ3v) is 5.58. The van der Waals surface area contributed by atoms with Gasteiger partial charge in [0.15, 0.2) is 11.0 Å². The van der Waals surface area contributed by atoms with Crippen LogP contribution in [0, 0.1) is 5.82 Å². The molecule has 0 aliphatic heterocycles. The van der Waals surface area contributed by atoms with Crippen LogP contribution in [0.3, 0.4) is 0 Å². The van der Waals surface area contributed by atoms with Crippen molar-refractivity contribution in [2.24, 2.45) is 0 Å². The Hall–Kier alpha value is -3.66. The molecule has 2 aromatic carbocycles. The van der Waals surface area contributed by atoms with Crippen LogP contribution in [0.15, 0.2) is 66.3 Å². The highest BCUT2D eigenvalue weighted by Crippen LogP contribution is 2.22. The first kappa shape index (κ1) is 24.0. The Bertz CT molecular complexity index is 1130. The molecular weight excluding hydrogens is 445 g/mol. The van der Waals surface area contributed by atoms with Crippen molar-refractivity contribution >= 4 is 29.3 Å². The number of thioether (sulfide) groups is 1. The van der Waals surface area contributed by atoms with Gasteiger partial charge in [0, 0.05) is 12.2 Å². The lowest BCUT2D eigenvalue weighted by molar-refractivity contribution is -0.113. The van der Waals surface area contributed by atoms with Crippen molar-refractivity contribution in [2.45, 2.75) is 24.7 Å². The summed E-state index contributed by atoms with van der Waals surface area (Å²) in [5.41, 5.74) is 0.600. The monoisotopic (exact) mass is 469 g/mol. The van der Waals surface area contributed by atoms with E-state index >= 15 is 0 Å². The summed E-state index contributed by atoms with van der Waals surface area (Å²) in [4.78, 5) is 24.8. The Morgan fingerprint density at radius 3 is 2.61 bits per heavy atom. The van der Waals surface area contributed by atoms with Gasteiger partial charge in [0.05, 0.1) is 24.5 Å². The van der Waals surface area contributed by atoms with Crippen molar-refractivity contribution in [1.29, 1.82) is 0 Å². The molecule has 0 saturated heterocycles. The Kier molecular flexibility index (Phi) is 8.20. The van der Waals surface area contributed by atoms with E-state index in [4.69, 9.17) is 4.74 Å². The molecule has 1 aromatic heterocycles. The van der Waals surface area contributed by atoms with Crippen LogP contribution in [0.2, 0.25) is 0 Å². The number of aromatic nitrogens is 3. The van der Waals surface area contributed by atoms with Crippen LogP contribution < -0.4 is 15.4 Å². The van der Waals surface area contributed by atoms with Crippen LogP contribution in [0.4, 0.5) is 10.1 Å². The molecule has 0 radical (unpaired) electrons. The molecule has 33 heavy (non-hydrogen) atoms. The maximum atomic E-state index is 13.9. The third-order valence-electron chi connectivity index (χ3n) is 4.62. The van der Waals surface area contributed by atoms with Gasteiger partial charge in [0.25, 0.3) is 5.91 Å². The molecule has 0 aliphatic rings. The number of carbonyl (C=O) groups excluding carboxylic acids is 2. The minimum Gasteiger partial charge on any atom is -0.497 e. The molecule has 0 saturated carbocycles. The zero-order valence-electron chi connectivity index (χ0n) is 18.2. The molecule has 0 bridgehead atoms. The van der Waals surface area contributed by atoms with Crippen LogP contribution in [-0.4, -0.2) is 39.4 Å². The van der Waals surface area contributed by atoms with Crippen LogP contribution in [0.1, 0.15) is 29.1 Å². The SMILES string of the molecule is C=CCn1c(SCC(=O)Nc2ccc(OC)cc2)nnc1C(C)NC(=O)c1ccccc1F. The predicted molar refractivity (Wildman–Crippen MR) is 125 cm³/mol. The number of methoxy groups -OCH3 is 1. The Morgan fingerprint density at radius 1 is 1.21 bits per heavy atom. The molecule has 0 aliphatic carbocycles. The van der Waals surface area contributed by atoms with E-state index in [9.17, 15) is 14.0 Å². The number of carbonyl (C=O) groups is 2. The molecular formula is C23H24FN5O3S. The summed E-state index contributed by atoms with van der Waals surface area (Å²) in [5, 5.41) is 14.4. The highest BCUT2D eigenvalue weighted by Gasteiger charge is 2.21. The average Bonchev–Trinajstić information content (AvgIpc) is 3.21. The molecule has 0 spiro atoms. The zero-order valence-corrected chi connectivity index (χ0v) is 19.1. The molecule has 172 valence electrons. The van der Waals surface area contributed by atoms with Crippen LogP contribution in [0.5, 0.6) is 5.75 Å². The highest BCUT2D eigenvalue weighted by molar-refractivity contribution is 7.99. The number of ether oxygens (including phenoxy) is 1. The number of anilines is 1. The summed E-state index contributed by atoms with van der Waals surface area (Å²) in [6.45, 7) is 5.86. The van der Waals surface area contributed by atoms with Crippen molar-refractivity contribution in [3.8, 4) is 5.75 Å². The van der Waals surface area contributed by atoms with E-state index in [1.807, 2.05) is 0 Å². The van der Waals surface area contributed by atoms with Gasteiger partial charge in [0.1, 0.15) is 11.6 Å². The maximum absolute atomic E-state index is 13.9. The fourth-order valence-electron chi connectivity index (χ4n) is 3.01. The second kappa shape index (κ2) is 11.3. The van der Waals surface area contributed by atoms with Gasteiger partial charge in [-0.25, -0.2) is 4.39 Å². The van der Waals surface area contributed by atoms with E-state index < -0.39 is 17.8 Å². The molecule has 1 atom stereocenters. The summed E-state index contributed by atoms with van der Waals surface area (Å²) in [6.07, 6.45) is 1.67. The van der Waals surface area contributed by atoms with Crippen molar-refractivity contribution in [1.82, 2.24) is 20.1 Å². The fraction of sp³-hybridized carbons (Fsp3) is 0.217. The molecule has 1 unspecified atom stereocenters. The van der Waals surface area contributed by atoms with E-state index in [-0.39, 0.29) is 17.2 Å². The van der Waals surface area contributed by atoms with Crippen LogP contribution in [-0.2, 0) is 11.3 Å². The number of nitrogens with one attached hydrogen (secondary N) is 2. The predicted octanol–water partition coefficient (Wildman–Crippen LogP) is 3.83. The number of hydrogen-bond donors (Lipinski definition) is 2. The number of amides is 2. The van der Waals surface area contributed by atoms with Gasteiger partial charge in [-0.05, 0) is 43.3 Å². The number of rotatable bonds is 10. The Labute approximate surface area is 195 Å². The maximum Gasteiger partial charge on any atom is 0.254 e. The summed E-state index contributed by atoms with van der Waals surface area (Å²) in [5.74, 6) is -0.0881. The number of halogens is 1. The van der Waals surface area contributed by atoms with Crippen LogP contribution in [0.25, 0.3) is 0 Å². The lowest BCUT2D eigenvalue weighted by Crippen LogP contribution is -2.29. The standard InChI is InChI=1S/C23H24FN5O3S/c1-4-13-29-21(15(2)25-22(31)18-7-5-6-8-19(18)24)27-28-23(29)33-14-20(30)26-16-9-11-17(32-3)12-10-16/h4-12,15H,1,13-14H2,2-3H3,(H,25,31)(H,26,30). The number of hydrogen-bond acceptors (Lipinski definition) is 6. The summed E-state index contributed by atoms with van der Waals surface area (Å²) >= 11 is 1.21. The van der Waals surface area contributed by atoms with Crippen molar-refractivity contribution < 1.29 is 18.7 Å². The lowest BCUT2D eigenvalue weighted by Gasteiger charge is -2.15. The second-order valence-electron chi connectivity index (χ2n) is 6.98. The quantitative estimate of drug-likeness (QED) is 0.346. The first-order chi connectivity index (χ1) is 15.9. The van der Waals surface area contributed by atoms with Gasteiger partial charge in [-0.1, -0.05) is 30.0 Å². The molecule has 0 fully saturated rings. The minimum atomic E-state index is -0.603. The van der Waals surface area contributed by atoms with Gasteiger partial charge in [-0.3, -0.25) is 9.59 Å². The number of nitrogens with zero attached hydrogens (tertiary/aromatic N) is 3. The largest absolute Gasteiger partial charge is 0.497 e. The summed E-state index contributed by atoms with van der Waals surface area (Å²) in [6, 6.07) is 12.2. The lowest BCUT2D eigenvalue weighted by atomic mass is 10.2. The van der Waals surface area contributed by atoms with E-state index in [1.165, 1.54) is 30.0 Å². The third kappa shape index (κ3) is 6.19. The molecule has 2 amide bonds. The van der Waals surface area contributed by atoms with Gasteiger partial charge in [-0.15, -0.1) is 16.8 Å². The van der Waals surface area contributed by atoms with Crippen molar-refractivity contribution in [3.63, 3.8) is 0 Å². The second-order valence-corrected chi connectivity index (χ2v) is 7.92.